The lowest BCUT2D eigenvalue weighted by molar-refractivity contribution is -0.213. The minimum absolute atomic E-state index is 0.114. The fraction of sp³-hybridized carbons (Fsp3) is 0.679. The molecule has 0 aromatic carbocycles. The number of carboxylic acid groups (broad SMARTS) is 1. The molecule has 1 spiro atoms. The molecule has 208 valence electrons. The molecule has 0 amide bonds. The summed E-state index contributed by atoms with van der Waals surface area (Å²) in [6.07, 6.45) is 0.372. The van der Waals surface area contributed by atoms with E-state index >= 15 is 0 Å². The number of esters is 3. The maximum Gasteiger partial charge on any atom is 0.307 e. The van der Waals surface area contributed by atoms with Gasteiger partial charge in [0.05, 0.1) is 31.0 Å². The number of hydrogen-bond donors (Lipinski definition) is 1. The van der Waals surface area contributed by atoms with Crippen LogP contribution in [0.4, 0.5) is 0 Å². The summed E-state index contributed by atoms with van der Waals surface area (Å²) in [6, 6.07) is 0. The van der Waals surface area contributed by atoms with Crippen LogP contribution in [0.25, 0.3) is 0 Å². The molecule has 0 aromatic heterocycles. The van der Waals surface area contributed by atoms with Crippen LogP contribution >= 0.6 is 0 Å². The first-order valence-electron chi connectivity index (χ1n) is 12.7. The fourth-order valence-corrected chi connectivity index (χ4v) is 7.94. The lowest BCUT2D eigenvalue weighted by Gasteiger charge is -2.59. The third kappa shape index (κ3) is 3.59. The van der Waals surface area contributed by atoms with Crippen LogP contribution in [0.5, 0.6) is 0 Å². The maximum absolute atomic E-state index is 13.0. The Morgan fingerprint density at radius 1 is 1.11 bits per heavy atom. The van der Waals surface area contributed by atoms with Gasteiger partial charge in [-0.25, -0.2) is 0 Å². The fourth-order valence-electron chi connectivity index (χ4n) is 7.94. The molecule has 0 radical (unpaired) electrons. The number of hydrogen-bond acceptors (Lipinski definition) is 9. The average molecular weight is 533 g/mol. The Labute approximate surface area is 221 Å². The van der Waals surface area contributed by atoms with Crippen molar-refractivity contribution in [3.05, 3.63) is 24.3 Å². The van der Waals surface area contributed by atoms with E-state index in [0.29, 0.717) is 5.57 Å². The molecule has 10 heteroatoms. The standard InChI is InChI=1S/C28H36O10/c1-13-21(26(6)10-9-18(31)25(4,5)17(26)12-20(32)35-8)22(36-14(2)29)23(37-15(3)30)27(7)16(24(33)34)11-19-28(13,27)38-19/h9-10,16-17,19,21-23H,1,11-12H2,2-8H3,(H,33,34). The Kier molecular flexibility index (Phi) is 6.46. The Balaban J connectivity index is 1.97. The summed E-state index contributed by atoms with van der Waals surface area (Å²) >= 11 is 0. The van der Waals surface area contributed by atoms with Gasteiger partial charge in [0.2, 0.25) is 0 Å². The molecule has 3 aliphatic carbocycles. The molecule has 4 aliphatic rings. The molecule has 9 unspecified atom stereocenters. The van der Waals surface area contributed by atoms with Gasteiger partial charge in [0.15, 0.2) is 5.78 Å². The monoisotopic (exact) mass is 532 g/mol. The van der Waals surface area contributed by atoms with E-state index in [2.05, 4.69) is 6.58 Å². The van der Waals surface area contributed by atoms with Crippen molar-refractivity contribution in [2.75, 3.05) is 7.11 Å². The molecule has 1 aliphatic heterocycles. The first-order valence-corrected chi connectivity index (χ1v) is 12.7. The molecule has 0 bridgehead atoms. The molecule has 1 saturated heterocycles. The van der Waals surface area contributed by atoms with Gasteiger partial charge >= 0.3 is 23.9 Å². The van der Waals surface area contributed by atoms with Gasteiger partial charge in [0.1, 0.15) is 17.8 Å². The molecule has 0 aromatic rings. The predicted molar refractivity (Wildman–Crippen MR) is 131 cm³/mol. The van der Waals surface area contributed by atoms with Crippen LogP contribution < -0.4 is 0 Å². The van der Waals surface area contributed by atoms with E-state index < -0.39 is 81.8 Å². The van der Waals surface area contributed by atoms with Gasteiger partial charge in [0, 0.05) is 30.6 Å². The third-order valence-electron chi connectivity index (χ3n) is 9.78. The second-order valence-electron chi connectivity index (χ2n) is 12.0. The highest BCUT2D eigenvalue weighted by atomic mass is 16.6. The van der Waals surface area contributed by atoms with Crippen molar-refractivity contribution in [3.8, 4) is 0 Å². The maximum atomic E-state index is 13.0. The normalized spacial score (nSPS) is 42.5. The van der Waals surface area contributed by atoms with Gasteiger partial charge < -0.3 is 24.1 Å². The van der Waals surface area contributed by atoms with Gasteiger partial charge in [-0.15, -0.1) is 0 Å². The van der Waals surface area contributed by atoms with E-state index in [1.165, 1.54) is 27.0 Å². The minimum Gasteiger partial charge on any atom is -0.481 e. The Morgan fingerprint density at radius 2 is 1.71 bits per heavy atom. The van der Waals surface area contributed by atoms with E-state index in [1.54, 1.807) is 26.8 Å². The van der Waals surface area contributed by atoms with Crippen LogP contribution in [0.3, 0.4) is 0 Å². The van der Waals surface area contributed by atoms with Crippen LogP contribution in [0.15, 0.2) is 24.3 Å². The highest BCUT2D eigenvalue weighted by Crippen LogP contribution is 2.74. The van der Waals surface area contributed by atoms with Gasteiger partial charge in [-0.1, -0.05) is 40.3 Å². The van der Waals surface area contributed by atoms with Crippen LogP contribution in [0.1, 0.15) is 54.4 Å². The lowest BCUT2D eigenvalue weighted by atomic mass is 9.46. The second-order valence-corrected chi connectivity index (χ2v) is 12.0. The highest BCUT2D eigenvalue weighted by molar-refractivity contribution is 5.96. The van der Waals surface area contributed by atoms with Crippen molar-refractivity contribution in [2.45, 2.75) is 78.3 Å². The van der Waals surface area contributed by atoms with Gasteiger partial charge in [-0.2, -0.15) is 0 Å². The number of rotatable bonds is 6. The number of aliphatic carboxylic acids is 1. The molecule has 10 nitrogen and oxygen atoms in total. The molecule has 1 heterocycles. The smallest absolute Gasteiger partial charge is 0.307 e. The molecular weight excluding hydrogens is 496 g/mol. The molecular formula is C28H36O10. The molecule has 4 rings (SSSR count). The summed E-state index contributed by atoms with van der Waals surface area (Å²) in [5.74, 6) is -5.49. The number of carbonyl (C=O) groups excluding carboxylic acids is 4. The number of carboxylic acids is 1. The van der Waals surface area contributed by atoms with Gasteiger partial charge in [-0.3, -0.25) is 24.0 Å². The van der Waals surface area contributed by atoms with Gasteiger partial charge in [-0.05, 0) is 24.0 Å². The molecule has 9 atom stereocenters. The van der Waals surface area contributed by atoms with Crippen molar-refractivity contribution in [2.24, 2.45) is 34.0 Å². The van der Waals surface area contributed by atoms with E-state index in [0.717, 1.165) is 0 Å². The number of epoxide rings is 1. The first-order chi connectivity index (χ1) is 17.5. The van der Waals surface area contributed by atoms with Crippen LogP contribution in [0, 0.1) is 34.0 Å². The summed E-state index contributed by atoms with van der Waals surface area (Å²) in [6.45, 7) is 13.8. The number of ether oxygens (including phenoxy) is 4. The zero-order chi connectivity index (χ0) is 28.6. The van der Waals surface area contributed by atoms with Crippen molar-refractivity contribution in [3.63, 3.8) is 0 Å². The van der Waals surface area contributed by atoms with Crippen molar-refractivity contribution >= 4 is 29.7 Å². The van der Waals surface area contributed by atoms with Gasteiger partial charge in [0.25, 0.3) is 0 Å². The number of methoxy groups -OCH3 is 1. The molecule has 1 N–H and O–H groups in total. The summed E-state index contributed by atoms with van der Waals surface area (Å²) in [4.78, 5) is 63.0. The summed E-state index contributed by atoms with van der Waals surface area (Å²) in [5.41, 5.74) is -4.00. The van der Waals surface area contributed by atoms with E-state index in [1.807, 2.05) is 6.92 Å². The first kappa shape index (κ1) is 28.0. The summed E-state index contributed by atoms with van der Waals surface area (Å²) in [7, 11) is 1.27. The van der Waals surface area contributed by atoms with E-state index in [4.69, 9.17) is 18.9 Å². The van der Waals surface area contributed by atoms with E-state index in [-0.39, 0.29) is 18.6 Å². The Morgan fingerprint density at radius 3 is 2.24 bits per heavy atom. The topological polar surface area (TPSA) is 146 Å². The molecule has 2 saturated carbocycles. The predicted octanol–water partition coefficient (Wildman–Crippen LogP) is 2.63. The third-order valence-corrected chi connectivity index (χ3v) is 9.78. The molecule has 38 heavy (non-hydrogen) atoms. The van der Waals surface area contributed by atoms with Crippen molar-refractivity contribution < 1.29 is 48.0 Å². The van der Waals surface area contributed by atoms with Crippen molar-refractivity contribution in [1.29, 1.82) is 0 Å². The SMILES string of the molecule is C=C1C(C2(C)C=CC(=O)C(C)(C)C2CC(=O)OC)C(OC(C)=O)C(OC(C)=O)C2(C)C(C(=O)O)CC3OC132. The van der Waals surface area contributed by atoms with Crippen LogP contribution in [-0.2, 0) is 42.9 Å². The number of ketones is 1. The lowest BCUT2D eigenvalue weighted by Crippen LogP contribution is -2.67. The Bertz CT molecular complexity index is 1150. The minimum atomic E-state index is -1.29. The Hall–Kier alpha value is -3.01. The highest BCUT2D eigenvalue weighted by Gasteiger charge is 2.85. The van der Waals surface area contributed by atoms with E-state index in [9.17, 15) is 29.1 Å². The zero-order valence-corrected chi connectivity index (χ0v) is 22.9. The number of carbonyl (C=O) groups is 5. The number of allylic oxidation sites excluding steroid dienone is 2. The zero-order valence-electron chi connectivity index (χ0n) is 22.9. The van der Waals surface area contributed by atoms with Crippen LogP contribution in [0.2, 0.25) is 0 Å². The second kappa shape index (κ2) is 8.76. The van der Waals surface area contributed by atoms with Crippen molar-refractivity contribution in [1.82, 2.24) is 0 Å². The largest absolute Gasteiger partial charge is 0.481 e. The average Bonchev–Trinajstić information content (AvgIpc) is 3.48. The quantitative estimate of drug-likeness (QED) is 0.234. The summed E-state index contributed by atoms with van der Waals surface area (Å²) < 4.78 is 22.9. The summed E-state index contributed by atoms with van der Waals surface area (Å²) in [5, 5.41) is 10.2. The molecule has 3 fully saturated rings. The van der Waals surface area contributed by atoms with Crippen LogP contribution in [-0.4, -0.2) is 65.8 Å².